The van der Waals surface area contributed by atoms with Crippen molar-refractivity contribution in [3.63, 3.8) is 0 Å². The van der Waals surface area contributed by atoms with E-state index in [-0.39, 0.29) is 23.6 Å². The van der Waals surface area contributed by atoms with Crippen LogP contribution in [0, 0.1) is 11.7 Å². The first kappa shape index (κ1) is 21.0. The minimum absolute atomic E-state index is 0.0588. The van der Waals surface area contributed by atoms with Crippen LogP contribution < -0.4 is 5.73 Å². The second-order valence-electron chi connectivity index (χ2n) is 7.53. The number of aryl methyl sites for hydroxylation is 1. The SMILES string of the molecule is NC(=O)OC(CCc1ccccc1)CN1CCC(C(=O)c2ccc(F)cc2)CC1. The van der Waals surface area contributed by atoms with Crippen LogP contribution in [-0.2, 0) is 11.2 Å². The normalized spacial score (nSPS) is 16.3. The van der Waals surface area contributed by atoms with Gasteiger partial charge in [-0.25, -0.2) is 9.18 Å². The maximum Gasteiger partial charge on any atom is 0.404 e. The minimum Gasteiger partial charge on any atom is -0.445 e. The number of hydrogen-bond donors (Lipinski definition) is 1. The van der Waals surface area contributed by atoms with Crippen LogP contribution in [0.1, 0.15) is 35.2 Å². The van der Waals surface area contributed by atoms with Gasteiger partial charge in [0.1, 0.15) is 11.9 Å². The van der Waals surface area contributed by atoms with Crippen molar-refractivity contribution >= 4 is 11.9 Å². The molecule has 1 aliphatic rings. The highest BCUT2D eigenvalue weighted by atomic mass is 19.1. The molecule has 0 radical (unpaired) electrons. The number of likely N-dealkylation sites (tertiary alicyclic amines) is 1. The topological polar surface area (TPSA) is 72.6 Å². The zero-order chi connectivity index (χ0) is 20.6. The fourth-order valence-electron chi connectivity index (χ4n) is 3.84. The fourth-order valence-corrected chi connectivity index (χ4v) is 3.84. The minimum atomic E-state index is -0.760. The van der Waals surface area contributed by atoms with Crippen LogP contribution in [0.2, 0.25) is 0 Å². The van der Waals surface area contributed by atoms with E-state index in [9.17, 15) is 14.0 Å². The van der Waals surface area contributed by atoms with Gasteiger partial charge in [0.15, 0.2) is 5.78 Å². The number of piperidine rings is 1. The second kappa shape index (κ2) is 10.2. The third-order valence-corrected chi connectivity index (χ3v) is 5.43. The van der Waals surface area contributed by atoms with Gasteiger partial charge in [-0.05, 0) is 68.6 Å². The highest BCUT2D eigenvalue weighted by molar-refractivity contribution is 5.97. The van der Waals surface area contributed by atoms with E-state index in [4.69, 9.17) is 10.5 Å². The molecule has 0 spiro atoms. The number of ketones is 1. The van der Waals surface area contributed by atoms with Crippen molar-refractivity contribution in [2.24, 2.45) is 11.7 Å². The molecule has 6 heteroatoms. The molecular formula is C23H27FN2O3. The van der Waals surface area contributed by atoms with E-state index in [1.807, 2.05) is 30.3 Å². The van der Waals surface area contributed by atoms with Crippen LogP contribution in [0.15, 0.2) is 54.6 Å². The van der Waals surface area contributed by atoms with Gasteiger partial charge in [-0.1, -0.05) is 30.3 Å². The van der Waals surface area contributed by atoms with E-state index in [0.29, 0.717) is 18.5 Å². The van der Waals surface area contributed by atoms with Gasteiger partial charge in [-0.2, -0.15) is 0 Å². The lowest BCUT2D eigenvalue weighted by molar-refractivity contribution is 0.0568. The van der Waals surface area contributed by atoms with E-state index >= 15 is 0 Å². The van der Waals surface area contributed by atoms with E-state index in [2.05, 4.69) is 4.90 Å². The van der Waals surface area contributed by atoms with Crippen LogP contribution in [0.5, 0.6) is 0 Å². The van der Waals surface area contributed by atoms with Crippen LogP contribution in [0.25, 0.3) is 0 Å². The monoisotopic (exact) mass is 398 g/mol. The molecule has 0 aromatic heterocycles. The molecule has 1 amide bonds. The smallest absolute Gasteiger partial charge is 0.404 e. The van der Waals surface area contributed by atoms with Gasteiger partial charge in [-0.3, -0.25) is 9.69 Å². The Labute approximate surface area is 170 Å². The van der Waals surface area contributed by atoms with Crippen molar-refractivity contribution in [1.29, 1.82) is 0 Å². The molecule has 0 bridgehead atoms. The summed E-state index contributed by atoms with van der Waals surface area (Å²) < 4.78 is 18.4. The molecule has 0 aliphatic carbocycles. The number of halogens is 1. The van der Waals surface area contributed by atoms with Crippen molar-refractivity contribution in [3.8, 4) is 0 Å². The number of amides is 1. The van der Waals surface area contributed by atoms with Gasteiger partial charge in [0.2, 0.25) is 0 Å². The molecule has 2 aromatic rings. The summed E-state index contributed by atoms with van der Waals surface area (Å²) in [6.45, 7) is 2.11. The number of primary amides is 1. The molecule has 1 fully saturated rings. The zero-order valence-corrected chi connectivity index (χ0v) is 16.4. The largest absolute Gasteiger partial charge is 0.445 e. The molecule has 1 saturated heterocycles. The Morgan fingerprint density at radius 1 is 1.07 bits per heavy atom. The van der Waals surface area contributed by atoms with Crippen molar-refractivity contribution in [2.75, 3.05) is 19.6 Å². The van der Waals surface area contributed by atoms with Gasteiger partial charge < -0.3 is 10.5 Å². The Hall–Kier alpha value is -2.73. The quantitative estimate of drug-likeness (QED) is 0.686. The number of nitrogens with zero attached hydrogens (tertiary/aromatic N) is 1. The summed E-state index contributed by atoms with van der Waals surface area (Å²) in [5.74, 6) is -0.331. The third-order valence-electron chi connectivity index (χ3n) is 5.43. The molecule has 29 heavy (non-hydrogen) atoms. The highest BCUT2D eigenvalue weighted by Crippen LogP contribution is 2.23. The number of carbonyl (C=O) groups excluding carboxylic acids is 2. The zero-order valence-electron chi connectivity index (χ0n) is 16.4. The molecule has 2 aromatic carbocycles. The summed E-state index contributed by atoms with van der Waals surface area (Å²) in [7, 11) is 0. The summed E-state index contributed by atoms with van der Waals surface area (Å²) in [5, 5.41) is 0. The predicted molar refractivity (Wildman–Crippen MR) is 109 cm³/mol. The predicted octanol–water partition coefficient (Wildman–Crippen LogP) is 3.82. The second-order valence-corrected chi connectivity index (χ2v) is 7.53. The lowest BCUT2D eigenvalue weighted by atomic mass is 9.88. The maximum atomic E-state index is 13.1. The summed E-state index contributed by atoms with van der Waals surface area (Å²) in [6, 6.07) is 15.8. The maximum absolute atomic E-state index is 13.1. The van der Waals surface area contributed by atoms with Gasteiger partial charge in [0.05, 0.1) is 0 Å². The van der Waals surface area contributed by atoms with Gasteiger partial charge in [-0.15, -0.1) is 0 Å². The van der Waals surface area contributed by atoms with Crippen LogP contribution in [-0.4, -0.2) is 42.5 Å². The summed E-state index contributed by atoms with van der Waals surface area (Å²) in [6.07, 6.45) is 1.93. The van der Waals surface area contributed by atoms with E-state index in [1.165, 1.54) is 17.7 Å². The van der Waals surface area contributed by atoms with Crippen molar-refractivity contribution in [1.82, 2.24) is 4.90 Å². The standard InChI is InChI=1S/C23H27FN2O3/c24-20-9-7-18(8-10-20)22(27)19-12-14-26(15-13-19)16-21(29-23(25)28)11-6-17-4-2-1-3-5-17/h1-5,7-10,19,21H,6,11-16H2,(H2,25,28). The van der Waals surface area contributed by atoms with Gasteiger partial charge in [0.25, 0.3) is 0 Å². The van der Waals surface area contributed by atoms with Crippen LogP contribution in [0.4, 0.5) is 9.18 Å². The molecule has 154 valence electrons. The van der Waals surface area contributed by atoms with Gasteiger partial charge in [0, 0.05) is 18.0 Å². The Morgan fingerprint density at radius 3 is 2.34 bits per heavy atom. The number of ether oxygens (including phenoxy) is 1. The lowest BCUT2D eigenvalue weighted by Gasteiger charge is -2.33. The number of rotatable bonds is 8. The average molecular weight is 398 g/mol. The van der Waals surface area contributed by atoms with Crippen LogP contribution in [0.3, 0.4) is 0 Å². The first-order valence-corrected chi connectivity index (χ1v) is 10.0. The van der Waals surface area contributed by atoms with Crippen molar-refractivity contribution in [2.45, 2.75) is 31.8 Å². The highest BCUT2D eigenvalue weighted by Gasteiger charge is 2.27. The molecule has 0 saturated carbocycles. The number of Topliss-reactive ketones (excluding diaryl/α,β-unsaturated/α-hetero) is 1. The number of carbonyl (C=O) groups is 2. The van der Waals surface area contributed by atoms with Crippen LogP contribution >= 0.6 is 0 Å². The van der Waals surface area contributed by atoms with E-state index in [1.54, 1.807) is 12.1 Å². The molecule has 3 rings (SSSR count). The average Bonchev–Trinajstić information content (AvgIpc) is 2.73. The fraction of sp³-hybridized carbons (Fsp3) is 0.391. The summed E-state index contributed by atoms with van der Waals surface area (Å²) in [4.78, 5) is 26.1. The number of benzene rings is 2. The number of hydrogen-bond acceptors (Lipinski definition) is 4. The molecule has 1 atom stereocenters. The first-order chi connectivity index (χ1) is 14.0. The van der Waals surface area contributed by atoms with Gasteiger partial charge >= 0.3 is 6.09 Å². The molecule has 2 N–H and O–H groups in total. The lowest BCUT2D eigenvalue weighted by Crippen LogP contribution is -2.42. The molecule has 1 heterocycles. The van der Waals surface area contributed by atoms with E-state index < -0.39 is 6.09 Å². The van der Waals surface area contributed by atoms with Crippen molar-refractivity contribution < 1.29 is 18.7 Å². The van der Waals surface area contributed by atoms with Crippen molar-refractivity contribution in [3.05, 3.63) is 71.5 Å². The Bertz CT molecular complexity index is 803. The number of nitrogens with two attached hydrogens (primary N) is 1. The Morgan fingerprint density at radius 2 is 1.72 bits per heavy atom. The summed E-state index contributed by atoms with van der Waals surface area (Å²) >= 11 is 0. The summed E-state index contributed by atoms with van der Waals surface area (Å²) in [5.41, 5.74) is 7.00. The Kier molecular flexibility index (Phi) is 7.36. The third kappa shape index (κ3) is 6.39. The first-order valence-electron chi connectivity index (χ1n) is 10.0. The van der Waals surface area contributed by atoms with E-state index in [0.717, 1.165) is 32.4 Å². The Balaban J connectivity index is 1.50. The molecule has 5 nitrogen and oxygen atoms in total. The molecule has 1 unspecified atom stereocenters. The molecule has 1 aliphatic heterocycles. The molecular weight excluding hydrogens is 371 g/mol.